The van der Waals surface area contributed by atoms with Crippen molar-refractivity contribution in [3.05, 3.63) is 59.6 Å². The van der Waals surface area contributed by atoms with E-state index in [-0.39, 0.29) is 13.2 Å². The van der Waals surface area contributed by atoms with E-state index in [2.05, 4.69) is 0 Å². The molecule has 0 aliphatic rings. The lowest BCUT2D eigenvalue weighted by Crippen LogP contribution is -2.25. The Balaban J connectivity index is 1.72. The van der Waals surface area contributed by atoms with E-state index in [1.165, 1.54) is 0 Å². The van der Waals surface area contributed by atoms with Gasteiger partial charge in [-0.2, -0.15) is 0 Å². The summed E-state index contributed by atoms with van der Waals surface area (Å²) in [4.78, 5) is 0. The molecule has 0 aromatic heterocycles. The molecule has 0 amide bonds. The largest absolute Gasteiger partial charge is 0.491 e. The molecule has 0 spiro atoms. The van der Waals surface area contributed by atoms with Crippen molar-refractivity contribution in [3.8, 4) is 11.5 Å². The lowest BCUT2D eigenvalue weighted by molar-refractivity contribution is 0.0626. The molecule has 0 bridgehead atoms. The van der Waals surface area contributed by atoms with Crippen LogP contribution in [0.2, 0.25) is 5.02 Å². The van der Waals surface area contributed by atoms with Crippen LogP contribution in [0.4, 0.5) is 0 Å². The molecule has 100 valence electrons. The van der Waals surface area contributed by atoms with Gasteiger partial charge in [0.1, 0.15) is 30.8 Å². The molecular formula is C15H15ClO3. The highest BCUT2D eigenvalue weighted by Gasteiger charge is 2.06. The number of para-hydroxylation sites is 1. The molecule has 0 heterocycles. The highest BCUT2D eigenvalue weighted by molar-refractivity contribution is 6.30. The van der Waals surface area contributed by atoms with Crippen molar-refractivity contribution in [2.75, 3.05) is 13.2 Å². The van der Waals surface area contributed by atoms with Crippen molar-refractivity contribution >= 4 is 11.6 Å². The Morgan fingerprint density at radius 2 is 1.37 bits per heavy atom. The van der Waals surface area contributed by atoms with E-state index in [9.17, 15) is 5.11 Å². The van der Waals surface area contributed by atoms with E-state index < -0.39 is 6.10 Å². The number of benzene rings is 2. The van der Waals surface area contributed by atoms with Gasteiger partial charge in [-0.05, 0) is 36.4 Å². The fourth-order valence-electron chi connectivity index (χ4n) is 1.48. The summed E-state index contributed by atoms with van der Waals surface area (Å²) in [5, 5.41) is 10.4. The Morgan fingerprint density at radius 3 is 1.95 bits per heavy atom. The first-order valence-corrected chi connectivity index (χ1v) is 6.36. The van der Waals surface area contributed by atoms with Crippen LogP contribution in [-0.4, -0.2) is 24.4 Å². The van der Waals surface area contributed by atoms with Gasteiger partial charge < -0.3 is 14.6 Å². The Morgan fingerprint density at radius 1 is 0.842 bits per heavy atom. The minimum atomic E-state index is -0.684. The molecule has 3 nitrogen and oxygen atoms in total. The van der Waals surface area contributed by atoms with Gasteiger partial charge in [0.2, 0.25) is 0 Å². The SMILES string of the molecule is OC(COc1ccccc1)COc1ccc(Cl)cc1. The van der Waals surface area contributed by atoms with Crippen LogP contribution in [0.5, 0.6) is 11.5 Å². The number of ether oxygens (including phenoxy) is 2. The molecule has 2 aromatic rings. The van der Waals surface area contributed by atoms with E-state index in [1.807, 2.05) is 30.3 Å². The van der Waals surface area contributed by atoms with Gasteiger partial charge in [-0.25, -0.2) is 0 Å². The van der Waals surface area contributed by atoms with Crippen molar-refractivity contribution in [2.45, 2.75) is 6.10 Å². The van der Waals surface area contributed by atoms with E-state index >= 15 is 0 Å². The summed E-state index contributed by atoms with van der Waals surface area (Å²) in [5.41, 5.74) is 0. The number of hydrogen-bond donors (Lipinski definition) is 1. The molecule has 2 rings (SSSR count). The summed E-state index contributed by atoms with van der Waals surface area (Å²) >= 11 is 5.77. The van der Waals surface area contributed by atoms with Gasteiger partial charge in [0, 0.05) is 5.02 Å². The maximum atomic E-state index is 9.75. The first-order valence-electron chi connectivity index (χ1n) is 5.98. The van der Waals surface area contributed by atoms with E-state index in [4.69, 9.17) is 21.1 Å². The van der Waals surface area contributed by atoms with Crippen LogP contribution in [0.3, 0.4) is 0 Å². The molecule has 19 heavy (non-hydrogen) atoms. The predicted octanol–water partition coefficient (Wildman–Crippen LogP) is 3.16. The second-order valence-corrected chi connectivity index (χ2v) is 4.48. The summed E-state index contributed by atoms with van der Waals surface area (Å²) < 4.78 is 10.8. The molecule has 0 fully saturated rings. The second kappa shape index (κ2) is 7.02. The first-order chi connectivity index (χ1) is 9.24. The van der Waals surface area contributed by atoms with Gasteiger partial charge in [-0.15, -0.1) is 0 Å². The second-order valence-electron chi connectivity index (χ2n) is 4.04. The monoisotopic (exact) mass is 278 g/mol. The van der Waals surface area contributed by atoms with Gasteiger partial charge in [-0.3, -0.25) is 0 Å². The minimum absolute atomic E-state index is 0.175. The van der Waals surface area contributed by atoms with Crippen LogP contribution in [0, 0.1) is 0 Å². The highest BCUT2D eigenvalue weighted by Crippen LogP contribution is 2.15. The Hall–Kier alpha value is -1.71. The molecular weight excluding hydrogens is 264 g/mol. The van der Waals surface area contributed by atoms with Crippen molar-refractivity contribution in [2.24, 2.45) is 0 Å². The lowest BCUT2D eigenvalue weighted by atomic mass is 10.3. The van der Waals surface area contributed by atoms with Crippen LogP contribution in [0.1, 0.15) is 0 Å². The molecule has 1 unspecified atom stereocenters. The quantitative estimate of drug-likeness (QED) is 0.882. The standard InChI is InChI=1S/C15H15ClO3/c16-12-6-8-15(9-7-12)19-11-13(17)10-18-14-4-2-1-3-5-14/h1-9,13,17H,10-11H2. The number of aliphatic hydroxyl groups excluding tert-OH is 1. The van der Waals surface area contributed by atoms with Crippen LogP contribution >= 0.6 is 11.6 Å². The van der Waals surface area contributed by atoms with Crippen molar-refractivity contribution < 1.29 is 14.6 Å². The number of aliphatic hydroxyl groups is 1. The minimum Gasteiger partial charge on any atom is -0.491 e. The summed E-state index contributed by atoms with van der Waals surface area (Å²) in [6.45, 7) is 0.367. The van der Waals surface area contributed by atoms with Crippen LogP contribution in [0.25, 0.3) is 0 Å². The van der Waals surface area contributed by atoms with Gasteiger partial charge in [0.05, 0.1) is 0 Å². The third-order valence-corrected chi connectivity index (χ3v) is 2.69. The topological polar surface area (TPSA) is 38.7 Å². The number of halogens is 1. The Labute approximate surface area is 117 Å². The van der Waals surface area contributed by atoms with E-state index in [1.54, 1.807) is 24.3 Å². The zero-order valence-electron chi connectivity index (χ0n) is 10.3. The maximum Gasteiger partial charge on any atom is 0.122 e. The molecule has 0 aliphatic carbocycles. The first kappa shape index (κ1) is 13.7. The third-order valence-electron chi connectivity index (χ3n) is 2.44. The normalized spacial score (nSPS) is 11.9. The maximum absolute atomic E-state index is 9.75. The average molecular weight is 279 g/mol. The third kappa shape index (κ3) is 4.81. The average Bonchev–Trinajstić information content (AvgIpc) is 2.45. The summed E-state index contributed by atoms with van der Waals surface area (Å²) in [6.07, 6.45) is -0.684. The fraction of sp³-hybridized carbons (Fsp3) is 0.200. The van der Waals surface area contributed by atoms with Gasteiger partial charge in [0.25, 0.3) is 0 Å². The van der Waals surface area contributed by atoms with Crippen LogP contribution in [0.15, 0.2) is 54.6 Å². The zero-order chi connectivity index (χ0) is 13.5. The fourth-order valence-corrected chi connectivity index (χ4v) is 1.61. The molecule has 1 atom stereocenters. The lowest BCUT2D eigenvalue weighted by Gasteiger charge is -2.13. The summed E-state index contributed by atoms with van der Waals surface area (Å²) in [7, 11) is 0. The van der Waals surface area contributed by atoms with Gasteiger partial charge in [-0.1, -0.05) is 29.8 Å². The highest BCUT2D eigenvalue weighted by atomic mass is 35.5. The molecule has 0 radical (unpaired) electrons. The van der Waals surface area contributed by atoms with Gasteiger partial charge in [0.15, 0.2) is 0 Å². The predicted molar refractivity (Wildman–Crippen MR) is 74.9 cm³/mol. The van der Waals surface area contributed by atoms with Crippen LogP contribution < -0.4 is 9.47 Å². The van der Waals surface area contributed by atoms with Crippen molar-refractivity contribution in [1.82, 2.24) is 0 Å². The molecule has 0 saturated carbocycles. The van der Waals surface area contributed by atoms with E-state index in [0.717, 1.165) is 5.75 Å². The molecule has 4 heteroatoms. The smallest absolute Gasteiger partial charge is 0.122 e. The van der Waals surface area contributed by atoms with Crippen molar-refractivity contribution in [1.29, 1.82) is 0 Å². The molecule has 2 aromatic carbocycles. The van der Waals surface area contributed by atoms with Gasteiger partial charge >= 0.3 is 0 Å². The van der Waals surface area contributed by atoms with E-state index in [0.29, 0.717) is 10.8 Å². The number of hydrogen-bond acceptors (Lipinski definition) is 3. The number of rotatable bonds is 6. The van der Waals surface area contributed by atoms with Crippen LogP contribution in [-0.2, 0) is 0 Å². The Bertz CT molecular complexity index is 485. The molecule has 0 aliphatic heterocycles. The zero-order valence-corrected chi connectivity index (χ0v) is 11.1. The molecule has 1 N–H and O–H groups in total. The molecule has 0 saturated heterocycles. The Kier molecular flexibility index (Phi) is 5.07. The van der Waals surface area contributed by atoms with Crippen molar-refractivity contribution in [3.63, 3.8) is 0 Å². The summed E-state index contributed by atoms with van der Waals surface area (Å²) in [5.74, 6) is 1.40. The summed E-state index contributed by atoms with van der Waals surface area (Å²) in [6, 6.07) is 16.3.